The van der Waals surface area contributed by atoms with E-state index >= 15 is 0 Å². The topological polar surface area (TPSA) is 33.7 Å². The Kier molecular flexibility index (Phi) is 13.7. The van der Waals surface area contributed by atoms with Gasteiger partial charge in [0.25, 0.3) is 0 Å². The van der Waals surface area contributed by atoms with Crippen LogP contribution < -0.4 is 5.32 Å². The second-order valence-electron chi connectivity index (χ2n) is 5.50. The van der Waals surface area contributed by atoms with Gasteiger partial charge in [-0.3, -0.25) is 0 Å². The molecule has 4 heteroatoms. The molecular weight excluding hydrogens is 252 g/mol. The summed E-state index contributed by atoms with van der Waals surface area (Å²) in [7, 11) is 1.76. The first kappa shape index (κ1) is 19.8. The lowest BCUT2D eigenvalue weighted by Gasteiger charge is -2.31. The van der Waals surface area contributed by atoms with Gasteiger partial charge in [-0.25, -0.2) is 0 Å². The van der Waals surface area contributed by atoms with Crippen LogP contribution in [0, 0.1) is 5.92 Å². The zero-order valence-corrected chi connectivity index (χ0v) is 14.3. The Morgan fingerprint density at radius 1 is 1.15 bits per heavy atom. The van der Waals surface area contributed by atoms with Crippen molar-refractivity contribution in [2.75, 3.05) is 53.0 Å². The summed E-state index contributed by atoms with van der Waals surface area (Å²) in [5, 5.41) is 3.41. The highest BCUT2D eigenvalue weighted by molar-refractivity contribution is 4.72. The van der Waals surface area contributed by atoms with Crippen LogP contribution in [0.1, 0.15) is 40.5 Å². The van der Waals surface area contributed by atoms with E-state index in [4.69, 9.17) is 9.47 Å². The number of hydrogen-bond acceptors (Lipinski definition) is 4. The maximum Gasteiger partial charge on any atom is 0.0600 e. The van der Waals surface area contributed by atoms with E-state index in [0.29, 0.717) is 12.0 Å². The van der Waals surface area contributed by atoms with Crippen molar-refractivity contribution < 1.29 is 9.47 Å². The number of nitrogens with zero attached hydrogens (tertiary/aromatic N) is 1. The van der Waals surface area contributed by atoms with Crippen LogP contribution in [0.5, 0.6) is 0 Å². The number of ether oxygens (including phenoxy) is 2. The standard InChI is InChI=1S/C14H30N2O2.C2H6/c1-13(2)12-15-6-10-18-14-4-7-16(8-5-14)9-11-17-3;1-2/h13-15H,4-12H2,1-3H3;1-2H3. The molecule has 1 saturated heterocycles. The molecule has 0 radical (unpaired) electrons. The van der Waals surface area contributed by atoms with Crippen molar-refractivity contribution >= 4 is 0 Å². The van der Waals surface area contributed by atoms with Gasteiger partial charge >= 0.3 is 0 Å². The lowest BCUT2D eigenvalue weighted by atomic mass is 10.1. The van der Waals surface area contributed by atoms with Gasteiger partial charge in [0.2, 0.25) is 0 Å². The summed E-state index contributed by atoms with van der Waals surface area (Å²) in [4.78, 5) is 2.46. The average molecular weight is 288 g/mol. The van der Waals surface area contributed by atoms with E-state index in [1.54, 1.807) is 7.11 Å². The predicted octanol–water partition coefficient (Wildman–Crippen LogP) is 2.39. The van der Waals surface area contributed by atoms with Gasteiger partial charge in [0.15, 0.2) is 0 Å². The van der Waals surface area contributed by atoms with E-state index in [0.717, 1.165) is 58.8 Å². The Hall–Kier alpha value is -0.160. The van der Waals surface area contributed by atoms with Gasteiger partial charge in [0.1, 0.15) is 0 Å². The third-order valence-electron chi connectivity index (χ3n) is 3.33. The molecule has 0 aromatic rings. The van der Waals surface area contributed by atoms with E-state index in [9.17, 15) is 0 Å². The average Bonchev–Trinajstić information content (AvgIpc) is 2.48. The van der Waals surface area contributed by atoms with Crippen molar-refractivity contribution in [3.05, 3.63) is 0 Å². The highest BCUT2D eigenvalue weighted by atomic mass is 16.5. The van der Waals surface area contributed by atoms with E-state index in [1.807, 2.05) is 13.8 Å². The third kappa shape index (κ3) is 10.6. The summed E-state index contributed by atoms with van der Waals surface area (Å²) in [6.07, 6.45) is 2.78. The number of rotatable bonds is 9. The summed E-state index contributed by atoms with van der Waals surface area (Å²) < 4.78 is 11.0. The smallest absolute Gasteiger partial charge is 0.0600 e. The summed E-state index contributed by atoms with van der Waals surface area (Å²) in [5.74, 6) is 0.717. The Balaban J connectivity index is 0.00000172. The van der Waals surface area contributed by atoms with Crippen LogP contribution in [0.3, 0.4) is 0 Å². The van der Waals surface area contributed by atoms with Crippen LogP contribution in [-0.4, -0.2) is 64.1 Å². The fraction of sp³-hybridized carbons (Fsp3) is 1.00. The Morgan fingerprint density at radius 3 is 2.35 bits per heavy atom. The van der Waals surface area contributed by atoms with Crippen LogP contribution in [0.2, 0.25) is 0 Å². The highest BCUT2D eigenvalue weighted by Crippen LogP contribution is 2.12. The van der Waals surface area contributed by atoms with Crippen molar-refractivity contribution in [1.29, 1.82) is 0 Å². The maximum absolute atomic E-state index is 5.90. The van der Waals surface area contributed by atoms with Gasteiger partial charge < -0.3 is 19.7 Å². The third-order valence-corrected chi connectivity index (χ3v) is 3.33. The first-order valence-corrected chi connectivity index (χ1v) is 8.26. The highest BCUT2D eigenvalue weighted by Gasteiger charge is 2.18. The van der Waals surface area contributed by atoms with Gasteiger partial charge in [-0.05, 0) is 25.3 Å². The molecule has 0 aromatic heterocycles. The first-order valence-electron chi connectivity index (χ1n) is 8.26. The fourth-order valence-corrected chi connectivity index (χ4v) is 2.21. The second kappa shape index (κ2) is 13.8. The Morgan fingerprint density at radius 2 is 1.80 bits per heavy atom. The van der Waals surface area contributed by atoms with Gasteiger partial charge in [-0.2, -0.15) is 0 Å². The van der Waals surface area contributed by atoms with Gasteiger partial charge in [0.05, 0.1) is 19.3 Å². The van der Waals surface area contributed by atoms with Crippen LogP contribution in [0.4, 0.5) is 0 Å². The normalized spacial score (nSPS) is 17.1. The summed E-state index contributed by atoms with van der Waals surface area (Å²) in [6.45, 7) is 15.5. The molecular formula is C16H36N2O2. The molecule has 0 aromatic carbocycles. The maximum atomic E-state index is 5.90. The molecule has 1 N–H and O–H groups in total. The largest absolute Gasteiger partial charge is 0.383 e. The quantitative estimate of drug-likeness (QED) is 0.661. The molecule has 0 aliphatic carbocycles. The molecule has 0 unspecified atom stereocenters. The molecule has 1 rings (SSSR count). The first-order chi connectivity index (χ1) is 9.72. The Labute approximate surface area is 126 Å². The van der Waals surface area contributed by atoms with Crippen molar-refractivity contribution in [3.63, 3.8) is 0 Å². The Bertz CT molecular complexity index is 193. The summed E-state index contributed by atoms with van der Waals surface area (Å²) in [6, 6.07) is 0. The van der Waals surface area contributed by atoms with Crippen LogP contribution in [0.15, 0.2) is 0 Å². The molecule has 1 fully saturated rings. The molecule has 1 aliphatic heterocycles. The van der Waals surface area contributed by atoms with E-state index in [-0.39, 0.29) is 0 Å². The molecule has 4 nitrogen and oxygen atoms in total. The van der Waals surface area contributed by atoms with Gasteiger partial charge in [-0.15, -0.1) is 0 Å². The number of nitrogens with one attached hydrogen (secondary N) is 1. The number of likely N-dealkylation sites (tertiary alicyclic amines) is 1. The molecule has 1 heterocycles. The predicted molar refractivity (Wildman–Crippen MR) is 86.3 cm³/mol. The second-order valence-corrected chi connectivity index (χ2v) is 5.50. The van der Waals surface area contributed by atoms with Crippen LogP contribution in [-0.2, 0) is 9.47 Å². The van der Waals surface area contributed by atoms with Gasteiger partial charge in [0, 0.05) is 33.3 Å². The van der Waals surface area contributed by atoms with Crippen LogP contribution in [0.25, 0.3) is 0 Å². The number of hydrogen-bond donors (Lipinski definition) is 1. The minimum Gasteiger partial charge on any atom is -0.383 e. The monoisotopic (exact) mass is 288 g/mol. The zero-order valence-electron chi connectivity index (χ0n) is 14.3. The fourth-order valence-electron chi connectivity index (χ4n) is 2.21. The molecule has 122 valence electrons. The molecule has 0 spiro atoms. The molecule has 20 heavy (non-hydrogen) atoms. The molecule has 0 bridgehead atoms. The molecule has 1 aliphatic rings. The minimum atomic E-state index is 0.463. The van der Waals surface area contributed by atoms with E-state index in [2.05, 4.69) is 24.1 Å². The number of piperidine rings is 1. The molecule has 0 amide bonds. The van der Waals surface area contributed by atoms with E-state index < -0.39 is 0 Å². The van der Waals surface area contributed by atoms with Crippen LogP contribution >= 0.6 is 0 Å². The zero-order chi connectivity index (χ0) is 15.2. The lowest BCUT2D eigenvalue weighted by molar-refractivity contribution is 0.00464. The van der Waals surface area contributed by atoms with Crippen molar-refractivity contribution in [1.82, 2.24) is 10.2 Å². The lowest BCUT2D eigenvalue weighted by Crippen LogP contribution is -2.39. The van der Waals surface area contributed by atoms with E-state index in [1.165, 1.54) is 0 Å². The summed E-state index contributed by atoms with van der Waals surface area (Å²) >= 11 is 0. The number of methoxy groups -OCH3 is 1. The summed E-state index contributed by atoms with van der Waals surface area (Å²) in [5.41, 5.74) is 0. The molecule has 0 saturated carbocycles. The van der Waals surface area contributed by atoms with Gasteiger partial charge in [-0.1, -0.05) is 27.7 Å². The SMILES string of the molecule is CC.COCCN1CCC(OCCNCC(C)C)CC1. The molecule has 0 atom stereocenters. The minimum absolute atomic E-state index is 0.463. The van der Waals surface area contributed by atoms with Crippen molar-refractivity contribution in [3.8, 4) is 0 Å². The van der Waals surface area contributed by atoms with Crippen molar-refractivity contribution in [2.45, 2.75) is 46.6 Å². The van der Waals surface area contributed by atoms with Crippen molar-refractivity contribution in [2.24, 2.45) is 5.92 Å².